The minimum Gasteiger partial charge on any atom is -0.353 e. The molecule has 5 nitrogen and oxygen atoms in total. The van der Waals surface area contributed by atoms with Gasteiger partial charge in [0.1, 0.15) is 6.10 Å². The first kappa shape index (κ1) is 17.9. The Morgan fingerprint density at radius 3 is 2.56 bits per heavy atom. The highest BCUT2D eigenvalue weighted by molar-refractivity contribution is 5.63. The van der Waals surface area contributed by atoms with E-state index in [9.17, 15) is 0 Å². The van der Waals surface area contributed by atoms with Gasteiger partial charge in [-0.15, -0.1) is 0 Å². The van der Waals surface area contributed by atoms with E-state index in [0.717, 1.165) is 31.4 Å². The van der Waals surface area contributed by atoms with Crippen molar-refractivity contribution in [1.29, 1.82) is 0 Å². The summed E-state index contributed by atoms with van der Waals surface area (Å²) in [7, 11) is 0. The number of nitrogens with zero attached hydrogens (tertiary/aromatic N) is 2. The molecule has 0 aliphatic carbocycles. The van der Waals surface area contributed by atoms with Crippen molar-refractivity contribution in [3.8, 4) is 11.1 Å². The van der Waals surface area contributed by atoms with E-state index in [4.69, 9.17) is 14.0 Å². The van der Waals surface area contributed by atoms with E-state index in [2.05, 4.69) is 46.5 Å². The number of aromatic nitrogens is 2. The van der Waals surface area contributed by atoms with Gasteiger partial charge < -0.3 is 14.0 Å². The zero-order chi connectivity index (χ0) is 18.5. The normalized spacial score (nSPS) is 18.3. The maximum atomic E-state index is 5.90. The molecule has 1 aliphatic heterocycles. The fourth-order valence-corrected chi connectivity index (χ4v) is 3.23. The molecule has 1 fully saturated rings. The van der Waals surface area contributed by atoms with Crippen LogP contribution >= 0.6 is 0 Å². The molecule has 0 saturated carbocycles. The Morgan fingerprint density at radius 1 is 1.04 bits per heavy atom. The van der Waals surface area contributed by atoms with Crippen LogP contribution in [-0.4, -0.2) is 23.0 Å². The molecule has 0 amide bonds. The lowest BCUT2D eigenvalue weighted by Gasteiger charge is -2.24. The summed E-state index contributed by atoms with van der Waals surface area (Å²) < 4.78 is 16.9. The summed E-state index contributed by atoms with van der Waals surface area (Å²) in [6.07, 6.45) is 3.35. The van der Waals surface area contributed by atoms with Crippen LogP contribution in [0.1, 0.15) is 49.6 Å². The largest absolute Gasteiger partial charge is 0.353 e. The van der Waals surface area contributed by atoms with Crippen LogP contribution in [-0.2, 0) is 15.9 Å². The van der Waals surface area contributed by atoms with Crippen LogP contribution < -0.4 is 0 Å². The van der Waals surface area contributed by atoms with Crippen molar-refractivity contribution < 1.29 is 14.0 Å². The summed E-state index contributed by atoms with van der Waals surface area (Å²) in [5.41, 5.74) is 3.54. The number of hydrogen-bond donors (Lipinski definition) is 0. The van der Waals surface area contributed by atoms with Gasteiger partial charge in [-0.2, -0.15) is 4.98 Å². The molecule has 2 aromatic carbocycles. The third-order valence-electron chi connectivity index (χ3n) is 4.76. The van der Waals surface area contributed by atoms with E-state index in [1.807, 2.05) is 25.1 Å². The maximum Gasteiger partial charge on any atom is 0.231 e. The van der Waals surface area contributed by atoms with Crippen molar-refractivity contribution in [2.24, 2.45) is 0 Å². The van der Waals surface area contributed by atoms with Crippen LogP contribution in [0, 0.1) is 0 Å². The predicted octanol–water partition coefficient (Wildman–Crippen LogP) is 4.93. The summed E-state index contributed by atoms with van der Waals surface area (Å²) in [4.78, 5) is 4.49. The van der Waals surface area contributed by atoms with Crippen molar-refractivity contribution in [2.45, 2.75) is 45.0 Å². The van der Waals surface area contributed by atoms with Crippen molar-refractivity contribution >= 4 is 0 Å². The van der Waals surface area contributed by atoms with Crippen LogP contribution in [0.25, 0.3) is 11.1 Å². The van der Waals surface area contributed by atoms with Crippen LogP contribution in [0.5, 0.6) is 0 Å². The summed E-state index contributed by atoms with van der Waals surface area (Å²) in [5, 5.41) is 4.08. The Bertz CT molecular complexity index is 840. The van der Waals surface area contributed by atoms with Crippen LogP contribution in [0.15, 0.2) is 59.1 Å². The molecule has 140 valence electrons. The molecule has 27 heavy (non-hydrogen) atoms. The number of benzene rings is 2. The quantitative estimate of drug-likeness (QED) is 0.620. The molecule has 2 atom stereocenters. The molecule has 2 heterocycles. The summed E-state index contributed by atoms with van der Waals surface area (Å²) in [6, 6.07) is 18.8. The van der Waals surface area contributed by atoms with Gasteiger partial charge in [-0.1, -0.05) is 59.8 Å². The lowest BCUT2D eigenvalue weighted by atomic mass is 10.0. The second-order valence-electron chi connectivity index (χ2n) is 6.86. The second kappa shape index (κ2) is 8.46. The zero-order valence-corrected chi connectivity index (χ0v) is 15.5. The molecule has 0 bridgehead atoms. The fraction of sp³-hybridized carbons (Fsp3) is 0.364. The molecule has 5 heteroatoms. The molecule has 2 unspecified atom stereocenters. The van der Waals surface area contributed by atoms with Crippen LogP contribution in [0.2, 0.25) is 0 Å². The second-order valence-corrected chi connectivity index (χ2v) is 6.86. The first-order valence-corrected chi connectivity index (χ1v) is 9.52. The lowest BCUT2D eigenvalue weighted by molar-refractivity contribution is -0.187. The van der Waals surface area contributed by atoms with Crippen molar-refractivity contribution in [2.75, 3.05) is 6.61 Å². The van der Waals surface area contributed by atoms with Gasteiger partial charge in [-0.3, -0.25) is 0 Å². The Morgan fingerprint density at radius 2 is 1.81 bits per heavy atom. The topological polar surface area (TPSA) is 57.4 Å². The average Bonchev–Trinajstić information content (AvgIpc) is 3.19. The molecular formula is C22H24N2O3. The molecule has 1 saturated heterocycles. The number of ether oxygens (including phenoxy) is 2. The van der Waals surface area contributed by atoms with Gasteiger partial charge in [0.15, 0.2) is 12.1 Å². The Kier molecular flexibility index (Phi) is 5.61. The monoisotopic (exact) mass is 364 g/mol. The average molecular weight is 364 g/mol. The molecule has 4 rings (SSSR count). The van der Waals surface area contributed by atoms with Crippen molar-refractivity contribution in [3.05, 3.63) is 71.9 Å². The summed E-state index contributed by atoms with van der Waals surface area (Å²) in [6.45, 7) is 2.69. The number of hydrogen-bond acceptors (Lipinski definition) is 5. The Labute approximate surface area is 159 Å². The minimum atomic E-state index is -0.244. The smallest absolute Gasteiger partial charge is 0.231 e. The molecule has 0 spiro atoms. The third-order valence-corrected chi connectivity index (χ3v) is 4.76. The fourth-order valence-electron chi connectivity index (χ4n) is 3.23. The molecule has 3 aromatic rings. The first-order chi connectivity index (χ1) is 13.3. The van der Waals surface area contributed by atoms with Crippen LogP contribution in [0.3, 0.4) is 0 Å². The molecule has 1 aromatic heterocycles. The highest BCUT2D eigenvalue weighted by atomic mass is 16.7. The Hall–Kier alpha value is -2.50. The van der Waals surface area contributed by atoms with E-state index < -0.39 is 0 Å². The van der Waals surface area contributed by atoms with Gasteiger partial charge in [0.25, 0.3) is 0 Å². The van der Waals surface area contributed by atoms with Crippen molar-refractivity contribution in [1.82, 2.24) is 10.1 Å². The standard InChI is InChI=1S/C22H24N2O3/c1-16(26-21-9-5-6-14-25-21)22-23-20(27-24-22)15-17-10-12-19(13-11-17)18-7-3-2-4-8-18/h2-4,7-8,10-13,16,21H,5-6,9,14-15H2,1H3. The highest BCUT2D eigenvalue weighted by Crippen LogP contribution is 2.23. The maximum absolute atomic E-state index is 5.90. The molecule has 0 N–H and O–H groups in total. The molecular weight excluding hydrogens is 340 g/mol. The zero-order valence-electron chi connectivity index (χ0n) is 15.5. The van der Waals surface area contributed by atoms with E-state index >= 15 is 0 Å². The third kappa shape index (κ3) is 4.62. The minimum absolute atomic E-state index is 0.166. The van der Waals surface area contributed by atoms with Gasteiger partial charge in [0.2, 0.25) is 5.89 Å². The van der Waals surface area contributed by atoms with Gasteiger partial charge in [0, 0.05) is 6.61 Å². The highest BCUT2D eigenvalue weighted by Gasteiger charge is 2.21. The SMILES string of the molecule is CC(OC1CCCCO1)c1noc(Cc2ccc(-c3ccccc3)cc2)n1. The van der Waals surface area contributed by atoms with E-state index in [1.165, 1.54) is 11.1 Å². The predicted molar refractivity (Wildman–Crippen MR) is 102 cm³/mol. The molecule has 0 radical (unpaired) electrons. The van der Waals surface area contributed by atoms with Gasteiger partial charge in [-0.25, -0.2) is 0 Å². The van der Waals surface area contributed by atoms with Crippen LogP contribution in [0.4, 0.5) is 0 Å². The van der Waals surface area contributed by atoms with E-state index in [1.54, 1.807) is 0 Å². The van der Waals surface area contributed by atoms with Gasteiger partial charge >= 0.3 is 0 Å². The summed E-state index contributed by atoms with van der Waals surface area (Å²) >= 11 is 0. The number of rotatable bonds is 6. The molecule has 1 aliphatic rings. The van der Waals surface area contributed by atoms with E-state index in [0.29, 0.717) is 18.1 Å². The van der Waals surface area contributed by atoms with E-state index in [-0.39, 0.29) is 12.4 Å². The Balaban J connectivity index is 1.37. The lowest BCUT2D eigenvalue weighted by Crippen LogP contribution is -2.23. The summed E-state index contributed by atoms with van der Waals surface area (Å²) in [5.74, 6) is 1.16. The van der Waals surface area contributed by atoms with Gasteiger partial charge in [0.05, 0.1) is 6.42 Å². The van der Waals surface area contributed by atoms with Gasteiger partial charge in [-0.05, 0) is 42.9 Å². The first-order valence-electron chi connectivity index (χ1n) is 9.52. The van der Waals surface area contributed by atoms with Crippen molar-refractivity contribution in [3.63, 3.8) is 0 Å².